The predicted octanol–water partition coefficient (Wildman–Crippen LogP) is 4.31. The summed E-state index contributed by atoms with van der Waals surface area (Å²) in [4.78, 5) is 13.8. The third-order valence-corrected chi connectivity index (χ3v) is 4.20. The van der Waals surface area contributed by atoms with Crippen LogP contribution in [0.3, 0.4) is 0 Å². The Morgan fingerprint density at radius 3 is 2.72 bits per heavy atom. The first-order valence-electron chi connectivity index (χ1n) is 6.63. The second-order valence-electron chi connectivity index (χ2n) is 5.12. The number of ketones is 1. The molecule has 1 heterocycles. The third kappa shape index (κ3) is 2.39. The van der Waals surface area contributed by atoms with E-state index in [0.717, 1.165) is 12.1 Å². The van der Waals surface area contributed by atoms with E-state index in [4.69, 9.17) is 11.6 Å². The van der Waals surface area contributed by atoms with E-state index in [1.54, 1.807) is 6.92 Å². The van der Waals surface area contributed by atoms with Crippen molar-refractivity contribution in [2.24, 2.45) is 0 Å². The molecule has 2 nitrogen and oxygen atoms in total. The van der Waals surface area contributed by atoms with Gasteiger partial charge in [-0.15, -0.1) is 0 Å². The summed E-state index contributed by atoms with van der Waals surface area (Å²) in [6.07, 6.45) is 3.62. The molecular formula is C15H20ClNO. The molecule has 0 N–H and O–H groups in total. The quantitative estimate of drug-likeness (QED) is 0.759. The van der Waals surface area contributed by atoms with Crippen LogP contribution in [0.2, 0.25) is 5.02 Å². The molecule has 3 heteroatoms. The first-order chi connectivity index (χ1) is 8.54. The summed E-state index contributed by atoms with van der Waals surface area (Å²) in [6.45, 7) is 6.03. The highest BCUT2D eigenvalue weighted by Crippen LogP contribution is 2.34. The van der Waals surface area contributed by atoms with Crippen molar-refractivity contribution < 1.29 is 4.79 Å². The molecule has 18 heavy (non-hydrogen) atoms. The predicted molar refractivity (Wildman–Crippen MR) is 76.7 cm³/mol. The van der Waals surface area contributed by atoms with Gasteiger partial charge in [0.25, 0.3) is 0 Å². The monoisotopic (exact) mass is 265 g/mol. The van der Waals surface area contributed by atoms with Crippen LogP contribution in [0.5, 0.6) is 0 Å². The summed E-state index contributed by atoms with van der Waals surface area (Å²) < 4.78 is 0. The number of halogens is 1. The number of Topliss-reactive ketones (excluding diaryl/α,β-unsaturated/α-hetero) is 1. The number of hydrogen-bond donors (Lipinski definition) is 0. The van der Waals surface area contributed by atoms with E-state index in [9.17, 15) is 4.79 Å². The second-order valence-corrected chi connectivity index (χ2v) is 5.52. The fraction of sp³-hybridized carbons (Fsp3) is 0.533. The van der Waals surface area contributed by atoms with Gasteiger partial charge < -0.3 is 4.90 Å². The van der Waals surface area contributed by atoms with Gasteiger partial charge in [-0.3, -0.25) is 4.79 Å². The topological polar surface area (TPSA) is 20.3 Å². The molecule has 1 aliphatic heterocycles. The van der Waals surface area contributed by atoms with E-state index in [0.29, 0.717) is 22.7 Å². The fourth-order valence-corrected chi connectivity index (χ4v) is 3.20. The van der Waals surface area contributed by atoms with Crippen LogP contribution in [0.25, 0.3) is 0 Å². The van der Waals surface area contributed by atoms with Gasteiger partial charge in [0, 0.05) is 23.3 Å². The Bertz CT molecular complexity index is 458. The highest BCUT2D eigenvalue weighted by atomic mass is 35.5. The molecule has 0 amide bonds. The smallest absolute Gasteiger partial charge is 0.161 e. The zero-order chi connectivity index (χ0) is 13.3. The number of carbonyl (C=O) groups is 1. The summed E-state index contributed by atoms with van der Waals surface area (Å²) in [5.74, 6) is 0.0214. The maximum absolute atomic E-state index is 11.4. The van der Waals surface area contributed by atoms with E-state index < -0.39 is 0 Å². The number of anilines is 1. The minimum Gasteiger partial charge on any atom is -0.366 e. The van der Waals surface area contributed by atoms with Gasteiger partial charge >= 0.3 is 0 Å². The summed E-state index contributed by atoms with van der Waals surface area (Å²) in [7, 11) is 0. The number of hydrogen-bond acceptors (Lipinski definition) is 2. The molecule has 2 unspecified atom stereocenters. The molecule has 0 aromatic heterocycles. The molecule has 2 rings (SSSR count). The Hall–Kier alpha value is -1.02. The van der Waals surface area contributed by atoms with Crippen molar-refractivity contribution in [2.75, 3.05) is 4.90 Å². The van der Waals surface area contributed by atoms with E-state index >= 15 is 0 Å². The first kappa shape index (κ1) is 13.4. The Morgan fingerprint density at radius 1 is 1.44 bits per heavy atom. The SMILES string of the molecule is CCC1CCC(C)N1c1ccc(C(C)=O)c(Cl)c1. The van der Waals surface area contributed by atoms with E-state index in [2.05, 4.69) is 18.7 Å². The van der Waals surface area contributed by atoms with Gasteiger partial charge in [0.2, 0.25) is 0 Å². The summed E-state index contributed by atoms with van der Waals surface area (Å²) >= 11 is 6.19. The van der Waals surface area contributed by atoms with Crippen molar-refractivity contribution in [3.63, 3.8) is 0 Å². The average Bonchev–Trinajstić information content (AvgIpc) is 2.69. The lowest BCUT2D eigenvalue weighted by atomic mass is 10.1. The van der Waals surface area contributed by atoms with Gasteiger partial charge in [-0.25, -0.2) is 0 Å². The number of rotatable bonds is 3. The van der Waals surface area contributed by atoms with Crippen molar-refractivity contribution in [3.05, 3.63) is 28.8 Å². The molecule has 0 spiro atoms. The van der Waals surface area contributed by atoms with Crippen molar-refractivity contribution in [1.82, 2.24) is 0 Å². The molecule has 0 bridgehead atoms. The zero-order valence-corrected chi connectivity index (χ0v) is 12.0. The van der Waals surface area contributed by atoms with Gasteiger partial charge in [-0.1, -0.05) is 18.5 Å². The summed E-state index contributed by atoms with van der Waals surface area (Å²) in [5, 5.41) is 0.564. The molecular weight excluding hydrogens is 246 g/mol. The van der Waals surface area contributed by atoms with E-state index in [1.807, 2.05) is 18.2 Å². The third-order valence-electron chi connectivity index (χ3n) is 3.89. The summed E-state index contributed by atoms with van der Waals surface area (Å²) in [5.41, 5.74) is 1.75. The van der Waals surface area contributed by atoms with Crippen LogP contribution in [0.1, 0.15) is 50.4 Å². The molecule has 0 radical (unpaired) electrons. The van der Waals surface area contributed by atoms with Gasteiger partial charge in [0.15, 0.2) is 5.78 Å². The lowest BCUT2D eigenvalue weighted by Crippen LogP contribution is -2.34. The van der Waals surface area contributed by atoms with Gasteiger partial charge in [0.05, 0.1) is 5.02 Å². The lowest BCUT2D eigenvalue weighted by Gasteiger charge is -2.30. The normalized spacial score (nSPS) is 23.4. The highest BCUT2D eigenvalue weighted by Gasteiger charge is 2.29. The highest BCUT2D eigenvalue weighted by molar-refractivity contribution is 6.34. The Labute approximate surface area is 114 Å². The maximum Gasteiger partial charge on any atom is 0.161 e. The molecule has 1 aliphatic rings. The molecule has 0 saturated carbocycles. The Balaban J connectivity index is 2.33. The first-order valence-corrected chi connectivity index (χ1v) is 7.01. The average molecular weight is 266 g/mol. The van der Waals surface area contributed by atoms with Crippen LogP contribution in [0, 0.1) is 0 Å². The molecule has 0 aliphatic carbocycles. The van der Waals surface area contributed by atoms with Crippen LogP contribution < -0.4 is 4.90 Å². The van der Waals surface area contributed by atoms with Gasteiger partial charge in [-0.05, 0) is 51.3 Å². The Morgan fingerprint density at radius 2 is 2.17 bits per heavy atom. The van der Waals surface area contributed by atoms with Crippen LogP contribution in [-0.2, 0) is 0 Å². The van der Waals surface area contributed by atoms with E-state index in [1.165, 1.54) is 12.8 Å². The Kier molecular flexibility index (Phi) is 3.96. The standard InChI is InChI=1S/C15H20ClNO/c1-4-12-6-5-10(2)17(12)13-7-8-14(11(3)18)15(16)9-13/h7-10,12H,4-6H2,1-3H3. The van der Waals surface area contributed by atoms with E-state index in [-0.39, 0.29) is 5.78 Å². The minimum absolute atomic E-state index is 0.0214. The molecule has 1 aromatic carbocycles. The molecule has 1 saturated heterocycles. The maximum atomic E-state index is 11.4. The minimum atomic E-state index is 0.0214. The van der Waals surface area contributed by atoms with Crippen LogP contribution in [0.4, 0.5) is 5.69 Å². The number of carbonyl (C=O) groups excluding carboxylic acids is 1. The molecule has 1 fully saturated rings. The summed E-state index contributed by atoms with van der Waals surface area (Å²) in [6, 6.07) is 6.95. The molecule has 98 valence electrons. The van der Waals surface area contributed by atoms with Crippen LogP contribution in [0.15, 0.2) is 18.2 Å². The number of nitrogens with zero attached hydrogens (tertiary/aromatic N) is 1. The largest absolute Gasteiger partial charge is 0.366 e. The van der Waals surface area contributed by atoms with Crippen LogP contribution >= 0.6 is 11.6 Å². The van der Waals surface area contributed by atoms with Crippen LogP contribution in [-0.4, -0.2) is 17.9 Å². The lowest BCUT2D eigenvalue weighted by molar-refractivity contribution is 0.101. The van der Waals surface area contributed by atoms with Crippen molar-refractivity contribution in [1.29, 1.82) is 0 Å². The van der Waals surface area contributed by atoms with Gasteiger partial charge in [-0.2, -0.15) is 0 Å². The molecule has 1 aromatic rings. The zero-order valence-electron chi connectivity index (χ0n) is 11.2. The number of benzene rings is 1. The van der Waals surface area contributed by atoms with Crippen molar-refractivity contribution in [3.8, 4) is 0 Å². The molecule has 2 atom stereocenters. The fourth-order valence-electron chi connectivity index (χ4n) is 2.89. The van der Waals surface area contributed by atoms with Crippen molar-refractivity contribution in [2.45, 2.75) is 52.1 Å². The second kappa shape index (κ2) is 5.31. The van der Waals surface area contributed by atoms with Gasteiger partial charge in [0.1, 0.15) is 0 Å². The van der Waals surface area contributed by atoms with Crippen molar-refractivity contribution >= 4 is 23.1 Å².